The molecule has 1 aliphatic heterocycles. The van der Waals surface area contributed by atoms with Crippen LogP contribution in [0.4, 0.5) is 11.5 Å². The molecule has 0 bridgehead atoms. The van der Waals surface area contributed by atoms with Crippen LogP contribution in [0.5, 0.6) is 0 Å². The van der Waals surface area contributed by atoms with Crippen LogP contribution in [-0.4, -0.2) is 56.7 Å². The number of anilines is 2. The number of aryl methyl sites for hydroxylation is 1. The van der Waals surface area contributed by atoms with E-state index in [4.69, 9.17) is 5.84 Å². The van der Waals surface area contributed by atoms with Crippen molar-refractivity contribution in [2.75, 3.05) is 36.5 Å². The quantitative estimate of drug-likeness (QED) is 0.488. The fourth-order valence-corrected chi connectivity index (χ4v) is 3.73. The van der Waals surface area contributed by atoms with Gasteiger partial charge >= 0.3 is 0 Å². The van der Waals surface area contributed by atoms with Gasteiger partial charge < -0.3 is 15.2 Å². The van der Waals surface area contributed by atoms with Gasteiger partial charge in [0.15, 0.2) is 0 Å². The highest BCUT2D eigenvalue weighted by Crippen LogP contribution is 2.27. The molecule has 0 unspecified atom stereocenters. The number of hydrogen-bond acceptors (Lipinski definition) is 7. The molecular formula is C21H26N8O. The molecule has 1 amide bonds. The first-order valence-electron chi connectivity index (χ1n) is 9.93. The second-order valence-corrected chi connectivity index (χ2v) is 7.46. The van der Waals surface area contributed by atoms with Gasteiger partial charge in [0.2, 0.25) is 5.91 Å². The van der Waals surface area contributed by atoms with Crippen LogP contribution in [0, 0.1) is 0 Å². The number of benzene rings is 1. The summed E-state index contributed by atoms with van der Waals surface area (Å²) in [6.45, 7) is 4.57. The predicted octanol–water partition coefficient (Wildman–Crippen LogP) is 1.42. The van der Waals surface area contributed by atoms with Gasteiger partial charge in [-0.15, -0.1) is 0 Å². The molecule has 0 atom stereocenters. The molecule has 0 radical (unpaired) electrons. The Morgan fingerprint density at radius 1 is 1.13 bits per heavy atom. The highest BCUT2D eigenvalue weighted by Gasteiger charge is 2.20. The van der Waals surface area contributed by atoms with Crippen LogP contribution in [-0.2, 0) is 18.3 Å². The smallest absolute Gasteiger partial charge is 0.219 e. The summed E-state index contributed by atoms with van der Waals surface area (Å²) in [5, 5.41) is 4.25. The predicted molar refractivity (Wildman–Crippen MR) is 116 cm³/mol. The molecule has 3 N–H and O–H groups in total. The molecule has 1 aliphatic rings. The Morgan fingerprint density at radius 3 is 2.60 bits per heavy atom. The van der Waals surface area contributed by atoms with E-state index in [-0.39, 0.29) is 5.91 Å². The number of nitrogen functional groups attached to an aromatic ring is 1. The van der Waals surface area contributed by atoms with Gasteiger partial charge in [0.25, 0.3) is 0 Å². The molecule has 0 saturated carbocycles. The largest absolute Gasteiger partial charge is 0.353 e. The first kappa shape index (κ1) is 19.8. The molecule has 156 valence electrons. The number of carbonyl (C=O) groups is 1. The van der Waals surface area contributed by atoms with Crippen molar-refractivity contribution in [1.82, 2.24) is 24.6 Å². The summed E-state index contributed by atoms with van der Waals surface area (Å²) < 4.78 is 1.78. The van der Waals surface area contributed by atoms with Crippen molar-refractivity contribution in [3.63, 3.8) is 0 Å². The Hall–Kier alpha value is -3.46. The lowest BCUT2D eigenvalue weighted by molar-refractivity contribution is -0.129. The van der Waals surface area contributed by atoms with Crippen molar-refractivity contribution in [3.05, 3.63) is 54.2 Å². The van der Waals surface area contributed by atoms with E-state index in [2.05, 4.69) is 31.5 Å². The third-order valence-corrected chi connectivity index (χ3v) is 5.43. The summed E-state index contributed by atoms with van der Waals surface area (Å²) in [6.07, 6.45) is 6.05. The highest BCUT2D eigenvalue weighted by molar-refractivity contribution is 5.73. The van der Waals surface area contributed by atoms with Crippen LogP contribution in [0.1, 0.15) is 18.2 Å². The molecule has 3 aromatic rings. The van der Waals surface area contributed by atoms with Crippen molar-refractivity contribution >= 4 is 17.4 Å². The number of rotatable bonds is 5. The summed E-state index contributed by atoms with van der Waals surface area (Å²) in [5.74, 6) is 6.74. The number of aromatic nitrogens is 4. The molecule has 9 nitrogen and oxygen atoms in total. The van der Waals surface area contributed by atoms with Crippen molar-refractivity contribution in [2.24, 2.45) is 12.9 Å². The van der Waals surface area contributed by atoms with Crippen LogP contribution in [0.25, 0.3) is 11.1 Å². The van der Waals surface area contributed by atoms with Crippen molar-refractivity contribution in [3.8, 4) is 11.1 Å². The molecule has 4 rings (SSSR count). The van der Waals surface area contributed by atoms with Crippen molar-refractivity contribution in [1.29, 1.82) is 0 Å². The minimum absolute atomic E-state index is 0.119. The lowest BCUT2D eigenvalue weighted by atomic mass is 10.0. The average Bonchev–Trinajstić information content (AvgIpc) is 3.20. The number of nitrogens with zero attached hydrogens (tertiary/aromatic N) is 6. The summed E-state index contributed by atoms with van der Waals surface area (Å²) >= 11 is 0. The zero-order valence-corrected chi connectivity index (χ0v) is 17.2. The standard InChI is InChI=1S/C21H26N8O/c1-15(30)28-5-7-29(8-6-28)21-11-19(23-14-24-21)10-17-9-16(3-4-20(17)26-22)18-12-25-27(2)13-18/h3-4,9,11-14,26H,5-8,10,22H2,1-2H3. The van der Waals surface area contributed by atoms with Gasteiger partial charge in [-0.05, 0) is 23.3 Å². The van der Waals surface area contributed by atoms with Crippen LogP contribution >= 0.6 is 0 Å². The average molecular weight is 406 g/mol. The van der Waals surface area contributed by atoms with Crippen LogP contribution < -0.4 is 16.2 Å². The van der Waals surface area contributed by atoms with E-state index in [1.54, 1.807) is 17.9 Å². The normalized spacial score (nSPS) is 14.1. The van der Waals surface area contributed by atoms with Gasteiger partial charge in [-0.2, -0.15) is 5.10 Å². The monoisotopic (exact) mass is 406 g/mol. The molecule has 1 fully saturated rings. The van der Waals surface area contributed by atoms with E-state index in [9.17, 15) is 4.79 Å². The first-order valence-corrected chi connectivity index (χ1v) is 9.93. The molecular weight excluding hydrogens is 380 g/mol. The van der Waals surface area contributed by atoms with E-state index in [1.165, 1.54) is 0 Å². The Labute approximate surface area is 175 Å². The highest BCUT2D eigenvalue weighted by atomic mass is 16.2. The van der Waals surface area contributed by atoms with Crippen molar-refractivity contribution < 1.29 is 4.79 Å². The number of piperazine rings is 1. The molecule has 1 saturated heterocycles. The van der Waals surface area contributed by atoms with Gasteiger partial charge in [-0.1, -0.05) is 6.07 Å². The minimum atomic E-state index is 0.119. The fraction of sp³-hybridized carbons (Fsp3) is 0.333. The Kier molecular flexibility index (Phi) is 5.62. The first-order chi connectivity index (χ1) is 14.5. The van der Waals surface area contributed by atoms with Crippen LogP contribution in [0.2, 0.25) is 0 Å². The van der Waals surface area contributed by atoms with E-state index in [1.807, 2.05) is 42.5 Å². The van der Waals surface area contributed by atoms with Crippen LogP contribution in [0.15, 0.2) is 43.0 Å². The molecule has 9 heteroatoms. The third kappa shape index (κ3) is 4.25. The Morgan fingerprint density at radius 2 is 1.93 bits per heavy atom. The number of carbonyl (C=O) groups excluding carboxylic acids is 1. The maximum Gasteiger partial charge on any atom is 0.219 e. The maximum absolute atomic E-state index is 11.6. The number of amides is 1. The second kappa shape index (κ2) is 8.50. The Balaban J connectivity index is 1.54. The van der Waals surface area contributed by atoms with Crippen molar-refractivity contribution in [2.45, 2.75) is 13.3 Å². The van der Waals surface area contributed by atoms with Gasteiger partial charge in [0, 0.05) is 64.4 Å². The lowest BCUT2D eigenvalue weighted by Crippen LogP contribution is -2.48. The van der Waals surface area contributed by atoms with Gasteiger partial charge in [-0.3, -0.25) is 15.3 Å². The second-order valence-electron chi connectivity index (χ2n) is 7.46. The van der Waals surface area contributed by atoms with E-state index in [0.29, 0.717) is 19.5 Å². The fourth-order valence-electron chi connectivity index (χ4n) is 3.73. The molecule has 1 aromatic carbocycles. The van der Waals surface area contributed by atoms with E-state index < -0.39 is 0 Å². The summed E-state index contributed by atoms with van der Waals surface area (Å²) in [7, 11) is 1.90. The number of nitrogens with two attached hydrogens (primary N) is 1. The van der Waals surface area contributed by atoms with Gasteiger partial charge in [0.05, 0.1) is 17.6 Å². The molecule has 0 spiro atoms. The number of hydrogen-bond donors (Lipinski definition) is 2. The number of hydrazine groups is 1. The van der Waals surface area contributed by atoms with E-state index in [0.717, 1.165) is 47.0 Å². The SMILES string of the molecule is CC(=O)N1CCN(c2cc(Cc3cc(-c4cnn(C)c4)ccc3NN)ncn2)CC1. The molecule has 2 aromatic heterocycles. The van der Waals surface area contributed by atoms with Gasteiger partial charge in [0.1, 0.15) is 12.1 Å². The summed E-state index contributed by atoms with van der Waals surface area (Å²) in [5.41, 5.74) is 7.72. The zero-order valence-electron chi connectivity index (χ0n) is 17.2. The summed E-state index contributed by atoms with van der Waals surface area (Å²) in [6, 6.07) is 8.12. The Bertz CT molecular complexity index is 1040. The summed E-state index contributed by atoms with van der Waals surface area (Å²) in [4.78, 5) is 24.5. The maximum atomic E-state index is 11.6. The minimum Gasteiger partial charge on any atom is -0.353 e. The molecule has 30 heavy (non-hydrogen) atoms. The third-order valence-electron chi connectivity index (χ3n) is 5.43. The van der Waals surface area contributed by atoms with Crippen LogP contribution in [0.3, 0.4) is 0 Å². The zero-order chi connectivity index (χ0) is 21.1. The lowest BCUT2D eigenvalue weighted by Gasteiger charge is -2.34. The topological polar surface area (TPSA) is 105 Å². The molecule has 0 aliphatic carbocycles. The van der Waals surface area contributed by atoms with Gasteiger partial charge in [-0.25, -0.2) is 9.97 Å². The number of nitrogens with one attached hydrogen (secondary N) is 1. The molecule has 3 heterocycles. The van der Waals surface area contributed by atoms with E-state index >= 15 is 0 Å².